The number of nitrogens with zero attached hydrogens (tertiary/aromatic N) is 2. The summed E-state index contributed by atoms with van der Waals surface area (Å²) in [6, 6.07) is 14.1. The molecule has 8 heteroatoms. The SMILES string of the molecule is CNC(=O)C(C(=O)CO)N(C)C(=O)c1ccc(-c2ccc(CCCCN3CCOCC3)cc2)cc1. The summed E-state index contributed by atoms with van der Waals surface area (Å²) in [5, 5.41) is 11.5. The summed E-state index contributed by atoms with van der Waals surface area (Å²) in [6.07, 6.45) is 3.37. The highest BCUT2D eigenvalue weighted by molar-refractivity contribution is 6.10. The Kier molecular flexibility index (Phi) is 9.96. The molecule has 8 nitrogen and oxygen atoms in total. The number of benzene rings is 2. The van der Waals surface area contributed by atoms with Crippen LogP contribution in [0.2, 0.25) is 0 Å². The maximum absolute atomic E-state index is 12.8. The van der Waals surface area contributed by atoms with Crippen LogP contribution in [0.4, 0.5) is 0 Å². The van der Waals surface area contributed by atoms with E-state index in [-0.39, 0.29) is 0 Å². The monoisotopic (exact) mass is 481 g/mol. The number of ether oxygens (including phenoxy) is 1. The molecule has 0 bridgehead atoms. The fourth-order valence-corrected chi connectivity index (χ4v) is 4.24. The molecule has 35 heavy (non-hydrogen) atoms. The number of carbonyl (C=O) groups excluding carboxylic acids is 3. The third-order valence-electron chi connectivity index (χ3n) is 6.38. The molecule has 2 amide bonds. The average Bonchev–Trinajstić information content (AvgIpc) is 2.91. The normalized spacial score (nSPS) is 14.8. The number of aryl methyl sites for hydroxylation is 1. The van der Waals surface area contributed by atoms with Crippen molar-refractivity contribution in [3.05, 3.63) is 59.7 Å². The van der Waals surface area contributed by atoms with Gasteiger partial charge in [0.05, 0.1) is 13.2 Å². The van der Waals surface area contributed by atoms with Crippen molar-refractivity contribution in [3.8, 4) is 11.1 Å². The van der Waals surface area contributed by atoms with Gasteiger partial charge in [0.15, 0.2) is 11.8 Å². The first-order valence-corrected chi connectivity index (χ1v) is 12.1. The minimum atomic E-state index is -1.38. The summed E-state index contributed by atoms with van der Waals surface area (Å²) in [5.41, 5.74) is 3.68. The van der Waals surface area contributed by atoms with Crippen LogP contribution in [0.15, 0.2) is 48.5 Å². The zero-order valence-electron chi connectivity index (χ0n) is 20.5. The standard InChI is InChI=1S/C27H35N3O5/c1-28-26(33)25(24(32)19-31)29(2)27(34)23-12-10-22(11-13-23)21-8-6-20(7-9-21)5-3-4-14-30-15-17-35-18-16-30/h6-13,25,31H,3-5,14-19H2,1-2H3,(H,28,33). The van der Waals surface area contributed by atoms with Gasteiger partial charge < -0.3 is 20.1 Å². The van der Waals surface area contributed by atoms with Crippen molar-refractivity contribution in [1.82, 2.24) is 15.1 Å². The lowest BCUT2D eigenvalue weighted by molar-refractivity contribution is -0.135. The van der Waals surface area contributed by atoms with Gasteiger partial charge in [-0.3, -0.25) is 19.3 Å². The predicted molar refractivity (Wildman–Crippen MR) is 134 cm³/mol. The van der Waals surface area contributed by atoms with Crippen LogP contribution in [0.1, 0.15) is 28.8 Å². The second-order valence-corrected chi connectivity index (χ2v) is 8.74. The van der Waals surface area contributed by atoms with Crippen LogP contribution in [0.25, 0.3) is 11.1 Å². The molecule has 2 N–H and O–H groups in total. The number of Topliss-reactive ketones (excluding diaryl/α,β-unsaturated/α-hetero) is 1. The van der Waals surface area contributed by atoms with E-state index >= 15 is 0 Å². The van der Waals surface area contributed by atoms with E-state index in [1.807, 2.05) is 12.1 Å². The van der Waals surface area contributed by atoms with Gasteiger partial charge in [0, 0.05) is 32.7 Å². The van der Waals surface area contributed by atoms with Gasteiger partial charge in [-0.15, -0.1) is 0 Å². The highest BCUT2D eigenvalue weighted by Gasteiger charge is 2.32. The maximum atomic E-state index is 12.8. The van der Waals surface area contributed by atoms with Crippen molar-refractivity contribution in [3.63, 3.8) is 0 Å². The van der Waals surface area contributed by atoms with Crippen LogP contribution in [0.3, 0.4) is 0 Å². The molecule has 1 heterocycles. The lowest BCUT2D eigenvalue weighted by Crippen LogP contribution is -2.52. The van der Waals surface area contributed by atoms with Gasteiger partial charge in [0.1, 0.15) is 6.61 Å². The Morgan fingerprint density at radius 1 is 1.00 bits per heavy atom. The quantitative estimate of drug-likeness (QED) is 0.375. The summed E-state index contributed by atoms with van der Waals surface area (Å²) >= 11 is 0. The minimum absolute atomic E-state index is 0.354. The third kappa shape index (κ3) is 7.21. The van der Waals surface area contributed by atoms with Crippen LogP contribution in [-0.2, 0) is 20.7 Å². The van der Waals surface area contributed by atoms with E-state index in [1.54, 1.807) is 12.1 Å². The zero-order valence-corrected chi connectivity index (χ0v) is 20.5. The molecule has 0 radical (unpaired) electrons. The van der Waals surface area contributed by atoms with Crippen molar-refractivity contribution in [1.29, 1.82) is 0 Å². The highest BCUT2D eigenvalue weighted by Crippen LogP contribution is 2.22. The second kappa shape index (κ2) is 13.1. The van der Waals surface area contributed by atoms with E-state index in [0.29, 0.717) is 5.56 Å². The number of likely N-dealkylation sites (N-methyl/N-ethyl adjacent to an activating group) is 2. The summed E-state index contributed by atoms with van der Waals surface area (Å²) < 4.78 is 5.39. The van der Waals surface area contributed by atoms with Gasteiger partial charge in [-0.1, -0.05) is 36.4 Å². The Bertz CT molecular complexity index is 969. The average molecular weight is 482 g/mol. The van der Waals surface area contributed by atoms with Crippen LogP contribution < -0.4 is 5.32 Å². The first kappa shape index (κ1) is 26.5. The number of hydrogen-bond donors (Lipinski definition) is 2. The van der Waals surface area contributed by atoms with Crippen LogP contribution >= 0.6 is 0 Å². The van der Waals surface area contributed by atoms with Gasteiger partial charge in [0.2, 0.25) is 5.91 Å². The number of carbonyl (C=O) groups is 3. The maximum Gasteiger partial charge on any atom is 0.254 e. The molecule has 1 aliphatic heterocycles. The fraction of sp³-hybridized carbons (Fsp3) is 0.444. The van der Waals surface area contributed by atoms with E-state index in [4.69, 9.17) is 4.74 Å². The molecule has 1 fully saturated rings. The zero-order chi connectivity index (χ0) is 25.2. The van der Waals surface area contributed by atoms with Crippen molar-refractivity contribution in [2.45, 2.75) is 25.3 Å². The van der Waals surface area contributed by atoms with E-state index in [0.717, 1.165) is 61.7 Å². The molecule has 2 aromatic rings. The summed E-state index contributed by atoms with van der Waals surface area (Å²) in [4.78, 5) is 40.4. The Balaban J connectivity index is 1.56. The molecule has 0 aromatic heterocycles. The number of aliphatic hydroxyl groups excluding tert-OH is 1. The van der Waals surface area contributed by atoms with Gasteiger partial charge in [-0.2, -0.15) is 0 Å². The number of aliphatic hydroxyl groups is 1. The molecule has 1 aliphatic rings. The van der Waals surface area contributed by atoms with E-state index < -0.39 is 30.2 Å². The predicted octanol–water partition coefficient (Wildman–Crippen LogP) is 1.76. The largest absolute Gasteiger partial charge is 0.388 e. The van der Waals surface area contributed by atoms with E-state index in [2.05, 4.69) is 34.5 Å². The van der Waals surface area contributed by atoms with Crippen LogP contribution in [0, 0.1) is 0 Å². The lowest BCUT2D eigenvalue weighted by Gasteiger charge is -2.26. The summed E-state index contributed by atoms with van der Waals surface area (Å²) in [7, 11) is 2.76. The Hall–Kier alpha value is -3.07. The van der Waals surface area contributed by atoms with Gasteiger partial charge in [-0.25, -0.2) is 0 Å². The Morgan fingerprint density at radius 2 is 1.60 bits per heavy atom. The van der Waals surface area contributed by atoms with Gasteiger partial charge >= 0.3 is 0 Å². The molecular weight excluding hydrogens is 446 g/mol. The van der Waals surface area contributed by atoms with Gasteiger partial charge in [0.25, 0.3) is 5.91 Å². The Labute approximate surface area is 206 Å². The number of hydrogen-bond acceptors (Lipinski definition) is 6. The second-order valence-electron chi connectivity index (χ2n) is 8.74. The number of unbranched alkanes of at least 4 members (excludes halogenated alkanes) is 1. The molecule has 1 saturated heterocycles. The molecule has 0 spiro atoms. The molecule has 1 unspecified atom stereocenters. The molecule has 0 aliphatic carbocycles. The number of rotatable bonds is 11. The smallest absolute Gasteiger partial charge is 0.254 e. The lowest BCUT2D eigenvalue weighted by atomic mass is 10.00. The molecular formula is C27H35N3O5. The number of amides is 2. The molecule has 188 valence electrons. The van der Waals surface area contributed by atoms with Gasteiger partial charge in [-0.05, 0) is 54.6 Å². The Morgan fingerprint density at radius 3 is 2.17 bits per heavy atom. The number of ketones is 1. The number of morpholine rings is 1. The molecule has 2 aromatic carbocycles. The highest BCUT2D eigenvalue weighted by atomic mass is 16.5. The van der Waals surface area contributed by atoms with Crippen molar-refractivity contribution < 1.29 is 24.2 Å². The molecule has 0 saturated carbocycles. The topological polar surface area (TPSA) is 99.2 Å². The van der Waals surface area contributed by atoms with E-state index in [1.165, 1.54) is 26.1 Å². The number of nitrogens with one attached hydrogen (secondary N) is 1. The van der Waals surface area contributed by atoms with Crippen molar-refractivity contribution in [2.24, 2.45) is 0 Å². The summed E-state index contributed by atoms with van der Waals surface area (Å²) in [5.74, 6) is -1.85. The first-order chi connectivity index (χ1) is 16.9. The fourth-order valence-electron chi connectivity index (χ4n) is 4.24. The molecule has 1 atom stereocenters. The summed E-state index contributed by atoms with van der Waals surface area (Å²) in [6.45, 7) is 4.05. The first-order valence-electron chi connectivity index (χ1n) is 12.1. The van der Waals surface area contributed by atoms with Crippen LogP contribution in [0.5, 0.6) is 0 Å². The van der Waals surface area contributed by atoms with Crippen molar-refractivity contribution in [2.75, 3.05) is 53.6 Å². The third-order valence-corrected chi connectivity index (χ3v) is 6.38. The van der Waals surface area contributed by atoms with E-state index in [9.17, 15) is 19.5 Å². The van der Waals surface area contributed by atoms with Crippen LogP contribution in [-0.4, -0.2) is 92.1 Å². The molecule has 3 rings (SSSR count). The minimum Gasteiger partial charge on any atom is -0.388 e. The van der Waals surface area contributed by atoms with Crippen molar-refractivity contribution >= 4 is 17.6 Å².